The molecule has 0 aromatic carbocycles. The Balaban J connectivity index is 0.00000529. The van der Waals surface area contributed by atoms with Gasteiger partial charge in [0.2, 0.25) is 0 Å². The molecule has 0 aliphatic heterocycles. The van der Waals surface area contributed by atoms with E-state index in [2.05, 4.69) is 39.8 Å². The van der Waals surface area contributed by atoms with Gasteiger partial charge < -0.3 is 15.7 Å². The van der Waals surface area contributed by atoms with Gasteiger partial charge in [-0.25, -0.2) is 4.98 Å². The molecule has 0 bridgehead atoms. The lowest BCUT2D eigenvalue weighted by Crippen LogP contribution is -2.40. The van der Waals surface area contributed by atoms with Crippen LogP contribution in [0.3, 0.4) is 0 Å². The largest absolute Gasteiger partial charge is 0.388 e. The summed E-state index contributed by atoms with van der Waals surface area (Å²) in [6, 6.07) is 0. The second-order valence-corrected chi connectivity index (χ2v) is 7.02. The Hall–Kier alpha value is -0.410. The summed E-state index contributed by atoms with van der Waals surface area (Å²) in [4.78, 5) is 9.05. The molecule has 0 saturated heterocycles. The van der Waals surface area contributed by atoms with Crippen molar-refractivity contribution in [2.45, 2.75) is 65.4 Å². The molecule has 0 amide bonds. The minimum absolute atomic E-state index is 0. The summed E-state index contributed by atoms with van der Waals surface area (Å²) in [6.07, 6.45) is 4.41. The summed E-state index contributed by atoms with van der Waals surface area (Å²) in [5.74, 6) is 0.769. The van der Waals surface area contributed by atoms with E-state index >= 15 is 0 Å². The topological polar surface area (TPSA) is 69.5 Å². The van der Waals surface area contributed by atoms with Gasteiger partial charge in [-0.3, -0.25) is 4.99 Å². The van der Waals surface area contributed by atoms with Gasteiger partial charge in [-0.2, -0.15) is 0 Å². The van der Waals surface area contributed by atoms with Crippen molar-refractivity contribution in [2.24, 2.45) is 4.99 Å². The van der Waals surface area contributed by atoms with Gasteiger partial charge in [0.25, 0.3) is 0 Å². The van der Waals surface area contributed by atoms with Gasteiger partial charge in [0, 0.05) is 24.9 Å². The molecule has 0 radical (unpaired) electrons. The number of aliphatic imine (C=N–C) groups is 1. The number of hydrogen-bond donors (Lipinski definition) is 3. The van der Waals surface area contributed by atoms with E-state index < -0.39 is 5.60 Å². The molecule has 0 unspecified atom stereocenters. The number of nitrogens with one attached hydrogen (secondary N) is 2. The Bertz CT molecular complexity index is 473. The van der Waals surface area contributed by atoms with Crippen molar-refractivity contribution < 1.29 is 5.11 Å². The van der Waals surface area contributed by atoms with Gasteiger partial charge in [0.15, 0.2) is 5.96 Å². The second-order valence-electron chi connectivity index (χ2n) is 5.95. The van der Waals surface area contributed by atoms with Gasteiger partial charge in [-0.05, 0) is 26.7 Å². The average molecular weight is 468 g/mol. The molecule has 24 heavy (non-hydrogen) atoms. The molecule has 140 valence electrons. The lowest BCUT2D eigenvalue weighted by molar-refractivity contribution is 0.0306. The van der Waals surface area contributed by atoms with Crippen LogP contribution in [0, 0.1) is 6.92 Å². The van der Waals surface area contributed by atoms with Crippen LogP contribution in [0.5, 0.6) is 0 Å². The Morgan fingerprint density at radius 2 is 1.92 bits per heavy atom. The number of aromatic nitrogens is 1. The third kappa shape index (κ3) is 9.17. The van der Waals surface area contributed by atoms with E-state index in [0.717, 1.165) is 61.9 Å². The van der Waals surface area contributed by atoms with Crippen molar-refractivity contribution in [3.05, 3.63) is 16.1 Å². The van der Waals surface area contributed by atoms with E-state index in [1.54, 1.807) is 11.3 Å². The maximum Gasteiger partial charge on any atom is 0.191 e. The Morgan fingerprint density at radius 1 is 1.25 bits per heavy atom. The highest BCUT2D eigenvalue weighted by Gasteiger charge is 2.24. The van der Waals surface area contributed by atoms with E-state index in [4.69, 9.17) is 0 Å². The number of thiazole rings is 1. The monoisotopic (exact) mass is 468 g/mol. The average Bonchev–Trinajstić information content (AvgIpc) is 2.91. The molecule has 3 N–H and O–H groups in total. The van der Waals surface area contributed by atoms with E-state index in [1.807, 2.05) is 13.8 Å². The number of aryl methyl sites for hydroxylation is 1. The molecule has 0 fully saturated rings. The summed E-state index contributed by atoms with van der Waals surface area (Å²) in [7, 11) is 0. The van der Waals surface area contributed by atoms with Crippen molar-refractivity contribution >= 4 is 41.3 Å². The molecule has 1 heterocycles. The van der Waals surface area contributed by atoms with E-state index in [1.165, 1.54) is 0 Å². The first-order valence-corrected chi connectivity index (χ1v) is 9.56. The van der Waals surface area contributed by atoms with Crippen molar-refractivity contribution in [3.63, 3.8) is 0 Å². The van der Waals surface area contributed by atoms with E-state index in [9.17, 15) is 5.11 Å². The maximum atomic E-state index is 10.7. The molecule has 5 nitrogen and oxygen atoms in total. The van der Waals surface area contributed by atoms with Crippen LogP contribution < -0.4 is 10.6 Å². The number of halogens is 1. The third-order valence-corrected chi connectivity index (χ3v) is 4.47. The molecule has 1 rings (SSSR count). The highest BCUT2D eigenvalue weighted by atomic mass is 127. The normalized spacial score (nSPS) is 12.0. The summed E-state index contributed by atoms with van der Waals surface area (Å²) >= 11 is 1.68. The van der Waals surface area contributed by atoms with Crippen molar-refractivity contribution in [3.8, 4) is 0 Å². The highest BCUT2D eigenvalue weighted by Crippen LogP contribution is 2.19. The van der Waals surface area contributed by atoms with Crippen LogP contribution in [0.4, 0.5) is 0 Å². The smallest absolute Gasteiger partial charge is 0.191 e. The summed E-state index contributed by atoms with van der Waals surface area (Å²) in [5.41, 5.74) is 0.432. The predicted octanol–water partition coefficient (Wildman–Crippen LogP) is 3.50. The van der Waals surface area contributed by atoms with Gasteiger partial charge >= 0.3 is 0 Å². The zero-order valence-electron chi connectivity index (χ0n) is 15.4. The van der Waals surface area contributed by atoms with Crippen LogP contribution >= 0.6 is 35.3 Å². The Labute approximate surface area is 167 Å². The number of aliphatic hydroxyl groups is 1. The van der Waals surface area contributed by atoms with Crippen molar-refractivity contribution in [1.29, 1.82) is 0 Å². The number of guanidine groups is 1. The molecule has 0 atom stereocenters. The first kappa shape index (κ1) is 23.6. The van der Waals surface area contributed by atoms with Gasteiger partial charge in [0.1, 0.15) is 0 Å². The molecule has 1 aromatic rings. The lowest BCUT2D eigenvalue weighted by atomic mass is 9.93. The molecule has 0 spiro atoms. The first-order valence-electron chi connectivity index (χ1n) is 8.68. The summed E-state index contributed by atoms with van der Waals surface area (Å²) < 4.78 is 0. The standard InChI is InChI=1S/C17H32N4OS.HI/c1-5-9-17(22,10-6-2)13-20-16(18-7-3)19-11-8-15-12-23-14(4)21-15;/h12,22H,5-11,13H2,1-4H3,(H2,18,19,20);1H. The minimum Gasteiger partial charge on any atom is -0.388 e. The van der Waals surface area contributed by atoms with Gasteiger partial charge in [0.05, 0.1) is 22.8 Å². The molecule has 1 aromatic heterocycles. The van der Waals surface area contributed by atoms with Crippen LogP contribution in [-0.4, -0.2) is 41.3 Å². The van der Waals surface area contributed by atoms with Crippen molar-refractivity contribution in [2.75, 3.05) is 19.6 Å². The summed E-state index contributed by atoms with van der Waals surface area (Å²) in [5, 5.41) is 20.4. The maximum absolute atomic E-state index is 10.7. The Morgan fingerprint density at radius 3 is 2.42 bits per heavy atom. The number of nitrogens with zero attached hydrogens (tertiary/aromatic N) is 2. The van der Waals surface area contributed by atoms with Crippen LogP contribution in [0.2, 0.25) is 0 Å². The van der Waals surface area contributed by atoms with Crippen LogP contribution in [-0.2, 0) is 6.42 Å². The Kier molecular flexibility index (Phi) is 12.7. The molecule has 7 heteroatoms. The third-order valence-electron chi connectivity index (χ3n) is 3.65. The molecule has 0 aliphatic rings. The summed E-state index contributed by atoms with van der Waals surface area (Å²) in [6.45, 7) is 10.3. The van der Waals surface area contributed by atoms with E-state index in [0.29, 0.717) is 6.54 Å². The first-order chi connectivity index (χ1) is 11.0. The van der Waals surface area contributed by atoms with Crippen molar-refractivity contribution in [1.82, 2.24) is 15.6 Å². The van der Waals surface area contributed by atoms with E-state index in [-0.39, 0.29) is 24.0 Å². The minimum atomic E-state index is -0.683. The van der Waals surface area contributed by atoms with Gasteiger partial charge in [-0.15, -0.1) is 35.3 Å². The SMILES string of the molecule is CCCC(O)(CCC)CN=C(NCC)NCCc1csc(C)n1.I. The second kappa shape index (κ2) is 12.9. The highest BCUT2D eigenvalue weighted by molar-refractivity contribution is 14.0. The lowest BCUT2D eigenvalue weighted by Gasteiger charge is -2.26. The van der Waals surface area contributed by atoms with Crippen LogP contribution in [0.1, 0.15) is 57.2 Å². The zero-order chi connectivity index (χ0) is 17.1. The predicted molar refractivity (Wildman–Crippen MR) is 115 cm³/mol. The zero-order valence-corrected chi connectivity index (χ0v) is 18.5. The number of hydrogen-bond acceptors (Lipinski definition) is 4. The fraction of sp³-hybridized carbons (Fsp3) is 0.765. The molecule has 0 aliphatic carbocycles. The fourth-order valence-corrected chi connectivity index (χ4v) is 3.26. The van der Waals surface area contributed by atoms with Gasteiger partial charge in [-0.1, -0.05) is 26.7 Å². The molecular formula is C17H33IN4OS. The number of rotatable bonds is 10. The van der Waals surface area contributed by atoms with Crippen LogP contribution in [0.15, 0.2) is 10.4 Å². The van der Waals surface area contributed by atoms with Crippen LogP contribution in [0.25, 0.3) is 0 Å². The fourth-order valence-electron chi connectivity index (χ4n) is 2.61. The molecular weight excluding hydrogens is 435 g/mol. The molecule has 0 saturated carbocycles. The quantitative estimate of drug-likeness (QED) is 0.279.